The van der Waals surface area contributed by atoms with Crippen molar-refractivity contribution >= 4 is 11.3 Å². The van der Waals surface area contributed by atoms with Gasteiger partial charge in [-0.1, -0.05) is 78.9 Å². The SMILES string of the molecule is [c]1ccc(N2CCN(CC=C(c3ccccc3)c3ccccc3)CC2)cc1. The van der Waals surface area contributed by atoms with E-state index in [-0.39, 0.29) is 0 Å². The molecule has 0 atom stereocenters. The van der Waals surface area contributed by atoms with Gasteiger partial charge in [0.1, 0.15) is 0 Å². The molecule has 4 rings (SSSR count). The van der Waals surface area contributed by atoms with Gasteiger partial charge in [-0.15, -0.1) is 0 Å². The molecule has 1 heterocycles. The number of benzene rings is 3. The molecule has 0 N–H and O–H groups in total. The molecule has 3 aromatic rings. The van der Waals surface area contributed by atoms with Crippen molar-refractivity contribution in [3.05, 3.63) is 108 Å². The Morgan fingerprint density at radius 1 is 0.741 bits per heavy atom. The van der Waals surface area contributed by atoms with Gasteiger partial charge >= 0.3 is 0 Å². The molecule has 0 amide bonds. The molecular weight excluding hydrogens is 328 g/mol. The minimum atomic E-state index is 0.982. The molecule has 0 aromatic heterocycles. The number of rotatable bonds is 5. The van der Waals surface area contributed by atoms with Crippen LogP contribution in [0.5, 0.6) is 0 Å². The first-order valence-electron chi connectivity index (χ1n) is 9.64. The molecule has 0 unspecified atom stereocenters. The Morgan fingerprint density at radius 3 is 1.85 bits per heavy atom. The summed E-state index contributed by atoms with van der Waals surface area (Å²) in [5.41, 5.74) is 5.18. The molecule has 0 spiro atoms. The van der Waals surface area contributed by atoms with Crippen LogP contribution in [0.2, 0.25) is 0 Å². The van der Waals surface area contributed by atoms with Crippen molar-refractivity contribution in [1.29, 1.82) is 0 Å². The van der Waals surface area contributed by atoms with E-state index >= 15 is 0 Å². The summed E-state index contributed by atoms with van der Waals surface area (Å²) < 4.78 is 0. The van der Waals surface area contributed by atoms with E-state index in [2.05, 4.69) is 94.7 Å². The van der Waals surface area contributed by atoms with Gasteiger partial charge in [0.25, 0.3) is 0 Å². The monoisotopic (exact) mass is 353 g/mol. The zero-order valence-corrected chi connectivity index (χ0v) is 15.6. The molecule has 1 fully saturated rings. The number of anilines is 1. The zero-order valence-electron chi connectivity index (χ0n) is 15.6. The fourth-order valence-corrected chi connectivity index (χ4v) is 3.64. The Labute approximate surface area is 162 Å². The summed E-state index contributed by atoms with van der Waals surface area (Å²) in [6.07, 6.45) is 2.39. The zero-order chi connectivity index (χ0) is 18.3. The Hall–Kier alpha value is -2.84. The second-order valence-electron chi connectivity index (χ2n) is 6.90. The first-order chi connectivity index (χ1) is 13.4. The molecule has 0 aliphatic carbocycles. The van der Waals surface area contributed by atoms with Gasteiger partial charge in [-0.2, -0.15) is 0 Å². The van der Waals surface area contributed by atoms with E-state index in [1.54, 1.807) is 0 Å². The molecule has 2 nitrogen and oxygen atoms in total. The maximum atomic E-state index is 3.10. The van der Waals surface area contributed by atoms with Crippen LogP contribution in [0.1, 0.15) is 11.1 Å². The lowest BCUT2D eigenvalue weighted by Gasteiger charge is -2.35. The molecule has 135 valence electrons. The maximum absolute atomic E-state index is 3.10. The average Bonchev–Trinajstić information content (AvgIpc) is 2.76. The summed E-state index contributed by atoms with van der Waals surface area (Å²) in [6.45, 7) is 5.31. The summed E-state index contributed by atoms with van der Waals surface area (Å²) in [5, 5.41) is 0. The fourth-order valence-electron chi connectivity index (χ4n) is 3.64. The van der Waals surface area contributed by atoms with Crippen LogP contribution in [0, 0.1) is 6.07 Å². The Morgan fingerprint density at radius 2 is 1.30 bits per heavy atom. The predicted molar refractivity (Wildman–Crippen MR) is 114 cm³/mol. The lowest BCUT2D eigenvalue weighted by atomic mass is 9.97. The lowest BCUT2D eigenvalue weighted by molar-refractivity contribution is 0.284. The molecular formula is C25H25N2. The van der Waals surface area contributed by atoms with Gasteiger partial charge in [-0.25, -0.2) is 0 Å². The summed E-state index contributed by atoms with van der Waals surface area (Å²) in [4.78, 5) is 5.00. The van der Waals surface area contributed by atoms with Gasteiger partial charge in [-0.05, 0) is 34.9 Å². The van der Waals surface area contributed by atoms with Crippen molar-refractivity contribution < 1.29 is 0 Å². The van der Waals surface area contributed by atoms with Gasteiger partial charge in [0.05, 0.1) is 0 Å². The largest absolute Gasteiger partial charge is 0.369 e. The molecule has 1 aliphatic rings. The van der Waals surface area contributed by atoms with Crippen molar-refractivity contribution in [3.8, 4) is 0 Å². The summed E-state index contributed by atoms with van der Waals surface area (Å²) in [6, 6.07) is 32.8. The van der Waals surface area contributed by atoms with Crippen molar-refractivity contribution in [2.75, 3.05) is 37.6 Å². The highest BCUT2D eigenvalue weighted by Crippen LogP contribution is 2.23. The predicted octanol–water partition coefficient (Wildman–Crippen LogP) is 4.74. The van der Waals surface area contributed by atoms with Crippen LogP contribution in [0.4, 0.5) is 5.69 Å². The van der Waals surface area contributed by atoms with E-state index in [1.807, 2.05) is 12.1 Å². The Bertz CT molecular complexity index is 807. The van der Waals surface area contributed by atoms with Crippen LogP contribution in [-0.4, -0.2) is 37.6 Å². The highest BCUT2D eigenvalue weighted by molar-refractivity contribution is 5.79. The average molecular weight is 353 g/mol. The van der Waals surface area contributed by atoms with E-state index in [0.717, 1.165) is 32.7 Å². The Balaban J connectivity index is 1.45. The van der Waals surface area contributed by atoms with Gasteiger partial charge in [0.2, 0.25) is 0 Å². The summed E-state index contributed by atoms with van der Waals surface area (Å²) in [7, 11) is 0. The second-order valence-corrected chi connectivity index (χ2v) is 6.90. The third kappa shape index (κ3) is 4.47. The van der Waals surface area contributed by atoms with E-state index < -0.39 is 0 Å². The molecule has 27 heavy (non-hydrogen) atoms. The highest BCUT2D eigenvalue weighted by Gasteiger charge is 2.16. The van der Waals surface area contributed by atoms with Crippen molar-refractivity contribution in [2.45, 2.75) is 0 Å². The number of nitrogens with zero attached hydrogens (tertiary/aromatic N) is 2. The first kappa shape index (κ1) is 17.6. The number of piperazine rings is 1. The van der Waals surface area contributed by atoms with Crippen LogP contribution < -0.4 is 4.90 Å². The van der Waals surface area contributed by atoms with E-state index in [4.69, 9.17) is 0 Å². The summed E-state index contributed by atoms with van der Waals surface area (Å²) in [5.74, 6) is 0. The van der Waals surface area contributed by atoms with Gasteiger partial charge in [0, 0.05) is 38.4 Å². The normalized spacial score (nSPS) is 14.7. The van der Waals surface area contributed by atoms with Crippen molar-refractivity contribution in [3.63, 3.8) is 0 Å². The highest BCUT2D eigenvalue weighted by atomic mass is 15.3. The summed E-state index contributed by atoms with van der Waals surface area (Å²) >= 11 is 0. The molecule has 0 saturated carbocycles. The topological polar surface area (TPSA) is 6.48 Å². The van der Waals surface area contributed by atoms with E-state index in [0.29, 0.717) is 0 Å². The minimum Gasteiger partial charge on any atom is -0.369 e. The van der Waals surface area contributed by atoms with E-state index in [1.165, 1.54) is 22.4 Å². The van der Waals surface area contributed by atoms with Crippen molar-refractivity contribution in [2.24, 2.45) is 0 Å². The molecule has 1 saturated heterocycles. The number of hydrogen-bond donors (Lipinski definition) is 0. The van der Waals surface area contributed by atoms with Crippen molar-refractivity contribution in [1.82, 2.24) is 4.90 Å². The molecule has 0 bridgehead atoms. The van der Waals surface area contributed by atoms with E-state index in [9.17, 15) is 0 Å². The quantitative estimate of drug-likeness (QED) is 0.654. The smallest absolute Gasteiger partial charge is 0.0367 e. The Kier molecular flexibility index (Phi) is 5.66. The third-order valence-corrected chi connectivity index (χ3v) is 5.16. The maximum Gasteiger partial charge on any atom is 0.0367 e. The van der Waals surface area contributed by atoms with Gasteiger partial charge < -0.3 is 4.90 Å². The van der Waals surface area contributed by atoms with Crippen LogP contribution in [0.25, 0.3) is 5.57 Å². The molecule has 2 heteroatoms. The van der Waals surface area contributed by atoms with Crippen LogP contribution >= 0.6 is 0 Å². The first-order valence-corrected chi connectivity index (χ1v) is 9.64. The number of hydrogen-bond acceptors (Lipinski definition) is 2. The molecule has 1 aliphatic heterocycles. The fraction of sp³-hybridized carbons (Fsp3) is 0.200. The molecule has 3 aromatic carbocycles. The van der Waals surface area contributed by atoms with Crippen LogP contribution in [0.15, 0.2) is 91.0 Å². The molecule has 1 radical (unpaired) electrons. The lowest BCUT2D eigenvalue weighted by Crippen LogP contribution is -2.46. The minimum absolute atomic E-state index is 0.982. The standard InChI is InChI=1S/C25H25N2/c1-4-10-22(11-5-1)25(23-12-6-2-7-13-23)16-17-26-18-20-27(21-19-26)24-14-8-3-9-15-24/h1-2,4-16H,17-21H2. The van der Waals surface area contributed by atoms with Gasteiger partial charge in [0.15, 0.2) is 0 Å². The third-order valence-electron chi connectivity index (χ3n) is 5.16. The van der Waals surface area contributed by atoms with Crippen LogP contribution in [0.3, 0.4) is 0 Å². The van der Waals surface area contributed by atoms with Crippen LogP contribution in [-0.2, 0) is 0 Å². The van der Waals surface area contributed by atoms with Gasteiger partial charge in [-0.3, -0.25) is 4.90 Å². The second kappa shape index (κ2) is 8.70.